The predicted octanol–water partition coefficient (Wildman–Crippen LogP) is 5.89. The van der Waals surface area contributed by atoms with Gasteiger partial charge in [0.1, 0.15) is 22.1 Å². The van der Waals surface area contributed by atoms with Gasteiger partial charge in [0, 0.05) is 34.1 Å². The van der Waals surface area contributed by atoms with E-state index in [1.807, 2.05) is 0 Å². The number of nitriles is 2. The molecule has 0 aromatic carbocycles. The monoisotopic (exact) mass is 526 g/mol. The maximum Gasteiger partial charge on any atom is 0.225 e. The number of nitrogens with one attached hydrogen (secondary N) is 2. The Morgan fingerprint density at radius 1 is 0.857 bits per heavy atom. The maximum absolute atomic E-state index is 12.5. The number of thioether (sulfide) groups is 1. The third kappa shape index (κ3) is 6.09. The van der Waals surface area contributed by atoms with Gasteiger partial charge in [0.2, 0.25) is 11.8 Å². The second kappa shape index (κ2) is 11.6. The van der Waals surface area contributed by atoms with Gasteiger partial charge in [-0.3, -0.25) is 9.59 Å². The van der Waals surface area contributed by atoms with E-state index in [4.69, 9.17) is 0 Å². The molecule has 184 valence electrons. The van der Waals surface area contributed by atoms with Crippen LogP contribution in [0.2, 0.25) is 0 Å². The average molecular weight is 527 g/mol. The van der Waals surface area contributed by atoms with Gasteiger partial charge < -0.3 is 10.6 Å². The smallest absolute Gasteiger partial charge is 0.225 e. The van der Waals surface area contributed by atoms with E-state index in [1.54, 1.807) is 34.4 Å². The van der Waals surface area contributed by atoms with Crippen LogP contribution in [0.15, 0.2) is 0 Å². The molecule has 2 aliphatic carbocycles. The number of carbonyl (C=O) groups is 2. The zero-order valence-electron chi connectivity index (χ0n) is 20.2. The molecule has 6 nitrogen and oxygen atoms in total. The quantitative estimate of drug-likeness (QED) is 0.417. The largest absolute Gasteiger partial charge is 0.317 e. The van der Waals surface area contributed by atoms with Crippen LogP contribution < -0.4 is 10.6 Å². The Labute approximate surface area is 219 Å². The summed E-state index contributed by atoms with van der Waals surface area (Å²) in [4.78, 5) is 27.4. The van der Waals surface area contributed by atoms with E-state index in [9.17, 15) is 20.1 Å². The summed E-state index contributed by atoms with van der Waals surface area (Å²) in [5.41, 5.74) is 3.51. The number of hydrogen-bond acceptors (Lipinski definition) is 7. The zero-order valence-corrected chi connectivity index (χ0v) is 22.6. The highest BCUT2D eigenvalue weighted by Crippen LogP contribution is 2.40. The van der Waals surface area contributed by atoms with Crippen molar-refractivity contribution in [1.82, 2.24) is 0 Å². The van der Waals surface area contributed by atoms with Crippen LogP contribution in [-0.2, 0) is 35.3 Å². The third-order valence-electron chi connectivity index (χ3n) is 6.70. The Hall–Kier alpha value is -2.33. The van der Waals surface area contributed by atoms with Gasteiger partial charge in [-0.05, 0) is 61.5 Å². The van der Waals surface area contributed by atoms with Crippen LogP contribution in [0.25, 0.3) is 0 Å². The molecule has 2 aromatic rings. The number of amides is 2. The molecule has 2 amide bonds. The van der Waals surface area contributed by atoms with Crippen molar-refractivity contribution in [1.29, 1.82) is 10.5 Å². The van der Waals surface area contributed by atoms with Crippen LogP contribution in [0.1, 0.15) is 71.5 Å². The predicted molar refractivity (Wildman–Crippen MR) is 144 cm³/mol. The van der Waals surface area contributed by atoms with E-state index in [-0.39, 0.29) is 11.8 Å². The molecule has 2 unspecified atom stereocenters. The van der Waals surface area contributed by atoms with E-state index >= 15 is 0 Å². The number of anilines is 2. The van der Waals surface area contributed by atoms with Crippen molar-refractivity contribution < 1.29 is 9.59 Å². The molecule has 0 saturated carbocycles. The van der Waals surface area contributed by atoms with Crippen LogP contribution in [0.4, 0.5) is 10.0 Å². The number of hydrogen-bond donors (Lipinski definition) is 2. The van der Waals surface area contributed by atoms with Gasteiger partial charge in [-0.25, -0.2) is 0 Å². The third-order valence-corrected chi connectivity index (χ3v) is 10.0. The first kappa shape index (κ1) is 25.8. The average Bonchev–Trinajstić information content (AvgIpc) is 3.33. The Morgan fingerprint density at radius 2 is 1.29 bits per heavy atom. The molecular formula is C26H30N4O2S3. The first-order chi connectivity index (χ1) is 16.9. The van der Waals surface area contributed by atoms with E-state index in [2.05, 4.69) is 36.6 Å². The van der Waals surface area contributed by atoms with Crippen LogP contribution in [-0.4, -0.2) is 23.3 Å². The van der Waals surface area contributed by atoms with E-state index in [1.165, 1.54) is 9.75 Å². The molecule has 35 heavy (non-hydrogen) atoms. The van der Waals surface area contributed by atoms with Gasteiger partial charge in [-0.1, -0.05) is 13.8 Å². The Balaban J connectivity index is 1.20. The summed E-state index contributed by atoms with van der Waals surface area (Å²) in [5, 5.41) is 26.4. The lowest BCUT2D eigenvalue weighted by molar-refractivity contribution is -0.116. The minimum absolute atomic E-state index is 0.0952. The summed E-state index contributed by atoms with van der Waals surface area (Å²) in [6.07, 6.45) is 6.62. The second-order valence-electron chi connectivity index (χ2n) is 9.54. The lowest BCUT2D eigenvalue weighted by Crippen LogP contribution is -2.14. The van der Waals surface area contributed by atoms with Crippen molar-refractivity contribution in [2.45, 2.75) is 65.2 Å². The fraction of sp³-hybridized carbons (Fsp3) is 0.538. The molecule has 2 aliphatic rings. The van der Waals surface area contributed by atoms with E-state index in [0.29, 0.717) is 57.3 Å². The minimum Gasteiger partial charge on any atom is -0.317 e. The summed E-state index contributed by atoms with van der Waals surface area (Å²) < 4.78 is 0. The van der Waals surface area contributed by atoms with Gasteiger partial charge in [-0.2, -0.15) is 22.3 Å². The second-order valence-corrected chi connectivity index (χ2v) is 13.0. The summed E-state index contributed by atoms with van der Waals surface area (Å²) in [6, 6.07) is 4.57. The van der Waals surface area contributed by atoms with Gasteiger partial charge in [0.15, 0.2) is 0 Å². The van der Waals surface area contributed by atoms with Gasteiger partial charge in [0.05, 0.1) is 11.1 Å². The lowest BCUT2D eigenvalue weighted by atomic mass is 9.89. The molecule has 2 aromatic heterocycles. The van der Waals surface area contributed by atoms with Crippen molar-refractivity contribution >= 4 is 56.3 Å². The van der Waals surface area contributed by atoms with Gasteiger partial charge >= 0.3 is 0 Å². The molecule has 2 heterocycles. The van der Waals surface area contributed by atoms with Crippen LogP contribution in [0.5, 0.6) is 0 Å². The molecule has 0 spiro atoms. The molecule has 0 bridgehead atoms. The SMILES string of the molecule is CC1CCc2c(sc(NC(=O)CCSCCC(=O)Nc3sc4c(c3C#N)CCC(C)C4)c2C#N)C1. The maximum atomic E-state index is 12.5. The number of carbonyl (C=O) groups excluding carboxylic acids is 2. The molecule has 0 saturated heterocycles. The fourth-order valence-electron chi connectivity index (χ4n) is 4.72. The summed E-state index contributed by atoms with van der Waals surface area (Å²) in [6.45, 7) is 4.45. The molecule has 0 radical (unpaired) electrons. The van der Waals surface area contributed by atoms with Crippen LogP contribution in [0.3, 0.4) is 0 Å². The highest BCUT2D eigenvalue weighted by atomic mass is 32.2. The summed E-state index contributed by atoms with van der Waals surface area (Å²) in [5.74, 6) is 2.26. The van der Waals surface area contributed by atoms with Crippen LogP contribution >= 0.6 is 34.4 Å². The van der Waals surface area contributed by atoms with Gasteiger partial charge in [0.25, 0.3) is 0 Å². The summed E-state index contributed by atoms with van der Waals surface area (Å²) in [7, 11) is 0. The summed E-state index contributed by atoms with van der Waals surface area (Å²) >= 11 is 4.65. The zero-order chi connectivity index (χ0) is 24.9. The molecule has 4 rings (SSSR count). The van der Waals surface area contributed by atoms with Gasteiger partial charge in [-0.15, -0.1) is 22.7 Å². The fourth-order valence-corrected chi connectivity index (χ4v) is 8.34. The van der Waals surface area contributed by atoms with Crippen molar-refractivity contribution in [3.05, 3.63) is 32.0 Å². The standard InChI is InChI=1S/C26H30N4O2S3/c1-15-3-5-17-19(13-27)25(34-21(17)11-15)29-23(31)7-9-33-10-8-24(32)30-26-20(14-28)18-6-4-16(2)12-22(18)35-26/h15-16H,3-12H2,1-2H3,(H,29,31)(H,30,32). The number of thiophene rings is 2. The highest BCUT2D eigenvalue weighted by Gasteiger charge is 2.26. The number of nitrogens with zero attached hydrogens (tertiary/aromatic N) is 2. The van der Waals surface area contributed by atoms with Crippen LogP contribution in [0, 0.1) is 34.5 Å². The number of fused-ring (bicyclic) bond motifs is 2. The number of rotatable bonds is 8. The van der Waals surface area contributed by atoms with E-state index < -0.39 is 0 Å². The Bertz CT molecular complexity index is 1110. The normalized spacial score (nSPS) is 18.6. The molecule has 2 atom stereocenters. The minimum atomic E-state index is -0.0952. The first-order valence-corrected chi connectivity index (χ1v) is 14.9. The van der Waals surface area contributed by atoms with Crippen molar-refractivity contribution in [3.63, 3.8) is 0 Å². The van der Waals surface area contributed by atoms with Crippen molar-refractivity contribution in [2.75, 3.05) is 22.1 Å². The van der Waals surface area contributed by atoms with Crippen molar-refractivity contribution in [3.8, 4) is 12.1 Å². The molecule has 0 aliphatic heterocycles. The molecule has 2 N–H and O–H groups in total. The van der Waals surface area contributed by atoms with Crippen molar-refractivity contribution in [2.24, 2.45) is 11.8 Å². The Kier molecular flexibility index (Phi) is 8.54. The highest BCUT2D eigenvalue weighted by molar-refractivity contribution is 7.99. The van der Waals surface area contributed by atoms with E-state index in [0.717, 1.165) is 49.7 Å². The molecule has 0 fully saturated rings. The molecule has 9 heteroatoms. The lowest BCUT2D eigenvalue weighted by Gasteiger charge is -2.17. The topological polar surface area (TPSA) is 106 Å². The molecular weight excluding hydrogens is 497 g/mol. The Morgan fingerprint density at radius 3 is 1.69 bits per heavy atom. The first-order valence-electron chi connectivity index (χ1n) is 12.2.